The molecule has 0 aliphatic heterocycles. The smallest absolute Gasteiger partial charge is 0.0718 e. The van der Waals surface area contributed by atoms with Crippen LogP contribution in [0.3, 0.4) is 0 Å². The lowest BCUT2D eigenvalue weighted by Crippen LogP contribution is -2.12. The Balaban J connectivity index is 1.22. The molecule has 0 unspecified atom stereocenters. The van der Waals surface area contributed by atoms with Gasteiger partial charge in [0.05, 0.1) is 16.1 Å². The van der Waals surface area contributed by atoms with Crippen LogP contribution in [0.15, 0.2) is 176 Å². The van der Waals surface area contributed by atoms with Crippen LogP contribution in [0.5, 0.6) is 0 Å². The van der Waals surface area contributed by atoms with Gasteiger partial charge in [-0.2, -0.15) is 0 Å². The summed E-state index contributed by atoms with van der Waals surface area (Å²) >= 11 is 3.75. The summed E-state index contributed by atoms with van der Waals surface area (Å²) in [5.74, 6) is 0. The average molecular weight is 660 g/mol. The summed E-state index contributed by atoms with van der Waals surface area (Å²) < 4.78 is 5.25. The fraction of sp³-hybridized carbons (Fsp3) is 0. The van der Waals surface area contributed by atoms with Gasteiger partial charge in [0.1, 0.15) is 0 Å². The molecule has 0 saturated heterocycles. The molecule has 0 fully saturated rings. The van der Waals surface area contributed by atoms with Crippen molar-refractivity contribution in [2.75, 3.05) is 4.90 Å². The second-order valence-electron chi connectivity index (χ2n) is 12.5. The summed E-state index contributed by atoms with van der Waals surface area (Å²) in [5, 5.41) is 7.68. The lowest BCUT2D eigenvalue weighted by atomic mass is 9.98. The van der Waals surface area contributed by atoms with Gasteiger partial charge in [-0.15, -0.1) is 22.7 Å². The van der Waals surface area contributed by atoms with E-state index in [4.69, 9.17) is 0 Å². The maximum Gasteiger partial charge on any atom is 0.0718 e. The molecule has 1 nitrogen and oxygen atoms in total. The van der Waals surface area contributed by atoms with E-state index in [0.29, 0.717) is 0 Å². The quantitative estimate of drug-likeness (QED) is 0.178. The van der Waals surface area contributed by atoms with Crippen molar-refractivity contribution in [3.8, 4) is 22.3 Å². The Morgan fingerprint density at radius 2 is 1.00 bits per heavy atom. The molecule has 230 valence electrons. The third kappa shape index (κ3) is 4.66. The van der Waals surface area contributed by atoms with E-state index in [1.807, 2.05) is 22.7 Å². The lowest BCUT2D eigenvalue weighted by molar-refractivity contribution is 1.32. The van der Waals surface area contributed by atoms with Gasteiger partial charge in [-0.3, -0.25) is 0 Å². The standard InChI is InChI=1S/C46H29NS2/c1-2-11-32(12-3-1)36-26-27-39-37-16-6-9-20-43(37)49-46(39)45(36)47(41-18-10-14-31-13-4-5-15-35(31)41)34-24-21-30(22-25-34)33-23-28-44-40(29-33)38-17-7-8-19-42(38)48-44/h1-29H. The highest BCUT2D eigenvalue weighted by molar-refractivity contribution is 7.26. The minimum atomic E-state index is 1.13. The molecule has 0 atom stereocenters. The Hall–Kier alpha value is -5.74. The second kappa shape index (κ2) is 11.5. The van der Waals surface area contributed by atoms with Crippen LogP contribution in [0.4, 0.5) is 17.1 Å². The molecule has 10 rings (SSSR count). The number of rotatable bonds is 5. The van der Waals surface area contributed by atoms with E-state index in [0.717, 1.165) is 5.69 Å². The molecule has 0 N–H and O–H groups in total. The fourth-order valence-electron chi connectivity index (χ4n) is 7.35. The molecule has 0 saturated carbocycles. The van der Waals surface area contributed by atoms with E-state index < -0.39 is 0 Å². The van der Waals surface area contributed by atoms with Crippen LogP contribution >= 0.6 is 22.7 Å². The Morgan fingerprint density at radius 1 is 0.367 bits per heavy atom. The summed E-state index contributed by atoms with van der Waals surface area (Å²) in [6.07, 6.45) is 0. The van der Waals surface area contributed by atoms with Crippen molar-refractivity contribution in [2.45, 2.75) is 0 Å². The van der Waals surface area contributed by atoms with Crippen LogP contribution in [0, 0.1) is 0 Å². The van der Waals surface area contributed by atoms with Crippen molar-refractivity contribution < 1.29 is 0 Å². The molecule has 49 heavy (non-hydrogen) atoms. The molecular formula is C46H29NS2. The largest absolute Gasteiger partial charge is 0.308 e. The SMILES string of the molecule is c1ccc(-c2ccc3c(sc4ccccc43)c2N(c2ccc(-c3ccc4sc5ccccc5c4c3)cc2)c2cccc3ccccc23)cc1. The summed E-state index contributed by atoms with van der Waals surface area (Å²) in [6, 6.07) is 64.5. The molecule has 2 aromatic heterocycles. The highest BCUT2D eigenvalue weighted by Crippen LogP contribution is 2.50. The van der Waals surface area contributed by atoms with E-state index >= 15 is 0 Å². The first-order valence-corrected chi connectivity index (χ1v) is 18.2. The fourth-order valence-corrected chi connectivity index (χ4v) is 9.67. The molecule has 8 aromatic carbocycles. The topological polar surface area (TPSA) is 3.24 Å². The van der Waals surface area contributed by atoms with Gasteiger partial charge < -0.3 is 4.90 Å². The van der Waals surface area contributed by atoms with Crippen molar-refractivity contribution in [2.24, 2.45) is 0 Å². The Labute approximate surface area is 292 Å². The molecule has 0 bridgehead atoms. The molecule has 0 spiro atoms. The molecule has 2 heterocycles. The first kappa shape index (κ1) is 28.3. The van der Waals surface area contributed by atoms with E-state index in [-0.39, 0.29) is 0 Å². The van der Waals surface area contributed by atoms with Crippen molar-refractivity contribution in [1.29, 1.82) is 0 Å². The Bertz CT molecular complexity index is 2820. The van der Waals surface area contributed by atoms with E-state index in [1.54, 1.807) is 0 Å². The van der Waals surface area contributed by atoms with Gasteiger partial charge >= 0.3 is 0 Å². The summed E-state index contributed by atoms with van der Waals surface area (Å²) in [4.78, 5) is 2.50. The van der Waals surface area contributed by atoms with Crippen molar-refractivity contribution in [1.82, 2.24) is 0 Å². The van der Waals surface area contributed by atoms with Gasteiger partial charge in [0.2, 0.25) is 0 Å². The molecular weight excluding hydrogens is 631 g/mol. The number of fused-ring (bicyclic) bond motifs is 7. The Morgan fingerprint density at radius 3 is 1.82 bits per heavy atom. The zero-order valence-electron chi connectivity index (χ0n) is 26.5. The van der Waals surface area contributed by atoms with Crippen LogP contribution in [0.2, 0.25) is 0 Å². The van der Waals surface area contributed by atoms with Crippen LogP contribution in [0.1, 0.15) is 0 Å². The Kier molecular flexibility index (Phi) is 6.61. The maximum atomic E-state index is 2.50. The number of anilines is 3. The zero-order chi connectivity index (χ0) is 32.3. The number of nitrogens with zero attached hydrogens (tertiary/aromatic N) is 1. The molecule has 0 radical (unpaired) electrons. The minimum absolute atomic E-state index is 1.13. The summed E-state index contributed by atoms with van der Waals surface area (Å²) in [6.45, 7) is 0. The van der Waals surface area contributed by atoms with Gasteiger partial charge in [-0.1, -0.05) is 133 Å². The average Bonchev–Trinajstić information content (AvgIpc) is 3.74. The van der Waals surface area contributed by atoms with Crippen LogP contribution in [0.25, 0.3) is 73.4 Å². The van der Waals surface area contributed by atoms with Crippen LogP contribution in [-0.4, -0.2) is 0 Å². The summed E-state index contributed by atoms with van der Waals surface area (Å²) in [5.41, 5.74) is 8.36. The molecule has 0 aliphatic rings. The number of hydrogen-bond donors (Lipinski definition) is 0. The predicted molar refractivity (Wildman–Crippen MR) is 215 cm³/mol. The maximum absolute atomic E-state index is 2.50. The van der Waals surface area contributed by atoms with Crippen molar-refractivity contribution in [3.63, 3.8) is 0 Å². The molecule has 3 heteroatoms. The molecule has 10 aromatic rings. The van der Waals surface area contributed by atoms with Crippen molar-refractivity contribution >= 4 is 90.9 Å². The number of benzene rings is 8. The number of hydrogen-bond acceptors (Lipinski definition) is 3. The third-order valence-corrected chi connectivity index (χ3v) is 12.0. The van der Waals surface area contributed by atoms with Gasteiger partial charge in [0.15, 0.2) is 0 Å². The highest BCUT2D eigenvalue weighted by atomic mass is 32.1. The van der Waals surface area contributed by atoms with E-state index in [2.05, 4.69) is 181 Å². The monoisotopic (exact) mass is 659 g/mol. The highest BCUT2D eigenvalue weighted by Gasteiger charge is 2.24. The van der Waals surface area contributed by atoms with E-state index in [1.165, 1.54) is 84.7 Å². The third-order valence-electron chi connectivity index (χ3n) is 9.67. The van der Waals surface area contributed by atoms with Crippen molar-refractivity contribution in [3.05, 3.63) is 176 Å². The van der Waals surface area contributed by atoms with Gasteiger partial charge in [0, 0.05) is 52.3 Å². The van der Waals surface area contributed by atoms with Gasteiger partial charge in [-0.25, -0.2) is 0 Å². The number of thiophene rings is 2. The first-order chi connectivity index (χ1) is 24.3. The normalized spacial score (nSPS) is 11.7. The summed E-state index contributed by atoms with van der Waals surface area (Å²) in [7, 11) is 0. The molecule has 0 aliphatic carbocycles. The zero-order valence-corrected chi connectivity index (χ0v) is 28.1. The van der Waals surface area contributed by atoms with Gasteiger partial charge in [-0.05, 0) is 64.5 Å². The minimum Gasteiger partial charge on any atom is -0.308 e. The first-order valence-electron chi connectivity index (χ1n) is 16.6. The molecule has 0 amide bonds. The van der Waals surface area contributed by atoms with Crippen LogP contribution in [-0.2, 0) is 0 Å². The van der Waals surface area contributed by atoms with Gasteiger partial charge in [0.25, 0.3) is 0 Å². The lowest BCUT2D eigenvalue weighted by Gasteiger charge is -2.30. The second-order valence-corrected chi connectivity index (χ2v) is 14.6. The van der Waals surface area contributed by atoms with Crippen LogP contribution < -0.4 is 4.90 Å². The predicted octanol–water partition coefficient (Wildman–Crippen LogP) is 14.4. The van der Waals surface area contributed by atoms with E-state index in [9.17, 15) is 0 Å².